The van der Waals surface area contributed by atoms with Gasteiger partial charge in [-0.15, -0.1) is 0 Å². The quantitative estimate of drug-likeness (QED) is 0.845. The lowest BCUT2D eigenvalue weighted by molar-refractivity contribution is 0.301. The zero-order chi connectivity index (χ0) is 14.5. The van der Waals surface area contributed by atoms with Crippen molar-refractivity contribution in [2.75, 3.05) is 0 Å². The average molecular weight is 310 g/mol. The predicted octanol–water partition coefficient (Wildman–Crippen LogP) is 4.98. The first-order valence-corrected chi connectivity index (χ1v) is 7.29. The standard InChI is InChI=1S/C16H17Cl2NO/c1-2-15(19)11-6-3-4-9-16(11)20-10-12-13(17)7-5-8-14(12)18/h3-9,15H,2,10,19H2,1H3. The Hall–Kier alpha value is -1.22. The summed E-state index contributed by atoms with van der Waals surface area (Å²) in [6.07, 6.45) is 0.854. The molecule has 2 nitrogen and oxygen atoms in total. The summed E-state index contributed by atoms with van der Waals surface area (Å²) in [6.45, 7) is 2.37. The van der Waals surface area contributed by atoms with Gasteiger partial charge in [-0.05, 0) is 24.6 Å². The number of nitrogens with two attached hydrogens (primary N) is 1. The van der Waals surface area contributed by atoms with Crippen molar-refractivity contribution in [2.45, 2.75) is 26.0 Å². The van der Waals surface area contributed by atoms with Crippen molar-refractivity contribution < 1.29 is 4.74 Å². The highest BCUT2D eigenvalue weighted by Gasteiger charge is 2.11. The van der Waals surface area contributed by atoms with Crippen LogP contribution in [-0.4, -0.2) is 0 Å². The molecule has 1 atom stereocenters. The molecule has 4 heteroatoms. The van der Waals surface area contributed by atoms with Gasteiger partial charge in [0.15, 0.2) is 0 Å². The van der Waals surface area contributed by atoms with E-state index >= 15 is 0 Å². The van der Waals surface area contributed by atoms with Gasteiger partial charge < -0.3 is 10.5 Å². The van der Waals surface area contributed by atoms with Crippen molar-refractivity contribution in [2.24, 2.45) is 5.73 Å². The molecule has 1 unspecified atom stereocenters. The van der Waals surface area contributed by atoms with Crippen molar-refractivity contribution in [1.29, 1.82) is 0 Å². The number of hydrogen-bond acceptors (Lipinski definition) is 2. The molecule has 0 aliphatic carbocycles. The zero-order valence-corrected chi connectivity index (χ0v) is 12.8. The average Bonchev–Trinajstić information content (AvgIpc) is 2.46. The van der Waals surface area contributed by atoms with Gasteiger partial charge in [-0.25, -0.2) is 0 Å². The summed E-state index contributed by atoms with van der Waals surface area (Å²) in [5.74, 6) is 0.776. The van der Waals surface area contributed by atoms with Gasteiger partial charge in [-0.1, -0.05) is 54.4 Å². The van der Waals surface area contributed by atoms with Crippen LogP contribution in [0.5, 0.6) is 5.75 Å². The molecule has 20 heavy (non-hydrogen) atoms. The molecule has 0 aliphatic rings. The van der Waals surface area contributed by atoms with Crippen LogP contribution in [0, 0.1) is 0 Å². The third kappa shape index (κ3) is 3.45. The molecule has 2 aromatic rings. The van der Waals surface area contributed by atoms with Crippen LogP contribution in [0.25, 0.3) is 0 Å². The number of hydrogen-bond donors (Lipinski definition) is 1. The summed E-state index contributed by atoms with van der Waals surface area (Å²) >= 11 is 12.3. The van der Waals surface area contributed by atoms with E-state index in [4.69, 9.17) is 33.7 Å². The molecule has 2 aromatic carbocycles. The van der Waals surface area contributed by atoms with Gasteiger partial charge >= 0.3 is 0 Å². The smallest absolute Gasteiger partial charge is 0.124 e. The molecule has 0 amide bonds. The molecule has 0 saturated heterocycles. The van der Waals surface area contributed by atoms with Crippen molar-refractivity contribution in [3.05, 3.63) is 63.6 Å². The molecule has 0 spiro atoms. The van der Waals surface area contributed by atoms with E-state index in [0.717, 1.165) is 23.3 Å². The number of ether oxygens (including phenoxy) is 1. The number of benzene rings is 2. The fourth-order valence-corrected chi connectivity index (χ4v) is 2.46. The van der Waals surface area contributed by atoms with Crippen LogP contribution in [0.4, 0.5) is 0 Å². The van der Waals surface area contributed by atoms with Crippen molar-refractivity contribution in [1.82, 2.24) is 0 Å². The molecular formula is C16H17Cl2NO. The maximum atomic E-state index is 6.14. The van der Waals surface area contributed by atoms with Crippen LogP contribution in [0.3, 0.4) is 0 Å². The van der Waals surface area contributed by atoms with Crippen molar-refractivity contribution >= 4 is 23.2 Å². The first kappa shape index (κ1) is 15.2. The minimum absolute atomic E-state index is 0.0343. The summed E-state index contributed by atoms with van der Waals surface area (Å²) in [7, 11) is 0. The lowest BCUT2D eigenvalue weighted by atomic mass is 10.0. The monoisotopic (exact) mass is 309 g/mol. The molecular weight excluding hydrogens is 293 g/mol. The predicted molar refractivity (Wildman–Crippen MR) is 84.5 cm³/mol. The zero-order valence-electron chi connectivity index (χ0n) is 11.3. The van der Waals surface area contributed by atoms with Gasteiger partial charge in [0.05, 0.1) is 0 Å². The Kier molecular flexibility index (Phi) is 5.30. The molecule has 0 aliphatic heterocycles. The Bertz CT molecular complexity index is 566. The lowest BCUT2D eigenvalue weighted by Gasteiger charge is -2.16. The number of rotatable bonds is 5. The van der Waals surface area contributed by atoms with Crippen LogP contribution in [0.1, 0.15) is 30.5 Å². The largest absolute Gasteiger partial charge is 0.488 e. The summed E-state index contributed by atoms with van der Waals surface area (Å²) in [5, 5.41) is 1.21. The number of para-hydroxylation sites is 1. The minimum atomic E-state index is -0.0343. The summed E-state index contributed by atoms with van der Waals surface area (Å²) < 4.78 is 5.86. The maximum Gasteiger partial charge on any atom is 0.124 e. The fraction of sp³-hybridized carbons (Fsp3) is 0.250. The summed E-state index contributed by atoms with van der Waals surface area (Å²) in [6, 6.07) is 13.2. The van der Waals surface area contributed by atoms with E-state index in [1.54, 1.807) is 12.1 Å². The highest BCUT2D eigenvalue weighted by atomic mass is 35.5. The second kappa shape index (κ2) is 6.98. The molecule has 0 heterocycles. The first-order valence-electron chi connectivity index (χ1n) is 6.53. The Morgan fingerprint density at radius 1 is 1.05 bits per heavy atom. The van der Waals surface area contributed by atoms with E-state index in [2.05, 4.69) is 0 Å². The van der Waals surface area contributed by atoms with E-state index in [1.165, 1.54) is 0 Å². The molecule has 2 rings (SSSR count). The van der Waals surface area contributed by atoms with Crippen molar-refractivity contribution in [3.8, 4) is 5.75 Å². The van der Waals surface area contributed by atoms with Crippen LogP contribution in [-0.2, 0) is 6.61 Å². The highest BCUT2D eigenvalue weighted by Crippen LogP contribution is 2.29. The van der Waals surface area contributed by atoms with Gasteiger partial charge in [0.1, 0.15) is 12.4 Å². The van der Waals surface area contributed by atoms with Gasteiger partial charge in [0.2, 0.25) is 0 Å². The molecule has 0 radical (unpaired) electrons. The van der Waals surface area contributed by atoms with E-state index in [0.29, 0.717) is 16.7 Å². The third-order valence-corrected chi connectivity index (χ3v) is 3.90. The third-order valence-electron chi connectivity index (χ3n) is 3.19. The summed E-state index contributed by atoms with van der Waals surface area (Å²) in [5.41, 5.74) is 7.88. The summed E-state index contributed by atoms with van der Waals surface area (Å²) in [4.78, 5) is 0. The van der Waals surface area contributed by atoms with Gasteiger partial charge in [0, 0.05) is 27.2 Å². The molecule has 0 aromatic heterocycles. The topological polar surface area (TPSA) is 35.2 Å². The van der Waals surface area contributed by atoms with Crippen LogP contribution in [0.2, 0.25) is 10.0 Å². The normalized spacial score (nSPS) is 12.2. The SMILES string of the molecule is CCC(N)c1ccccc1OCc1c(Cl)cccc1Cl. The molecule has 106 valence electrons. The van der Waals surface area contributed by atoms with Crippen molar-refractivity contribution in [3.63, 3.8) is 0 Å². The molecule has 0 saturated carbocycles. The van der Waals surface area contributed by atoms with E-state index in [9.17, 15) is 0 Å². The Morgan fingerprint density at radius 2 is 1.70 bits per heavy atom. The molecule has 2 N–H and O–H groups in total. The lowest BCUT2D eigenvalue weighted by Crippen LogP contribution is -2.11. The Labute approximate surface area is 129 Å². The van der Waals surface area contributed by atoms with Gasteiger partial charge in [0.25, 0.3) is 0 Å². The maximum absolute atomic E-state index is 6.14. The van der Waals surface area contributed by atoms with Gasteiger partial charge in [-0.3, -0.25) is 0 Å². The Balaban J connectivity index is 2.19. The van der Waals surface area contributed by atoms with Crippen LogP contribution >= 0.6 is 23.2 Å². The first-order chi connectivity index (χ1) is 9.63. The second-order valence-electron chi connectivity index (χ2n) is 4.54. The molecule has 0 fully saturated rings. The molecule has 0 bridgehead atoms. The fourth-order valence-electron chi connectivity index (χ4n) is 1.96. The van der Waals surface area contributed by atoms with E-state index in [-0.39, 0.29) is 6.04 Å². The van der Waals surface area contributed by atoms with E-state index < -0.39 is 0 Å². The number of halogens is 2. The highest BCUT2D eigenvalue weighted by molar-refractivity contribution is 6.35. The minimum Gasteiger partial charge on any atom is -0.488 e. The van der Waals surface area contributed by atoms with E-state index in [1.807, 2.05) is 37.3 Å². The van der Waals surface area contributed by atoms with Gasteiger partial charge in [-0.2, -0.15) is 0 Å². The Morgan fingerprint density at radius 3 is 2.35 bits per heavy atom. The van der Waals surface area contributed by atoms with Crippen LogP contribution in [0.15, 0.2) is 42.5 Å². The van der Waals surface area contributed by atoms with Crippen LogP contribution < -0.4 is 10.5 Å². The second-order valence-corrected chi connectivity index (χ2v) is 5.36.